The number of rotatable bonds is 5. The van der Waals surface area contributed by atoms with Crippen LogP contribution in [0, 0.1) is 0 Å². The molecule has 3 nitrogen and oxygen atoms in total. The molecule has 0 aliphatic carbocycles. The summed E-state index contributed by atoms with van der Waals surface area (Å²) in [6.07, 6.45) is 4.41. The lowest BCUT2D eigenvalue weighted by Crippen LogP contribution is -2.12. The van der Waals surface area contributed by atoms with Crippen molar-refractivity contribution in [2.75, 3.05) is 0 Å². The van der Waals surface area contributed by atoms with E-state index in [1.54, 1.807) is 0 Å². The van der Waals surface area contributed by atoms with Crippen LogP contribution in [0.2, 0.25) is 5.15 Å². The van der Waals surface area contributed by atoms with E-state index < -0.39 is 0 Å². The van der Waals surface area contributed by atoms with Gasteiger partial charge in [-0.3, -0.25) is 0 Å². The molecule has 1 unspecified atom stereocenters. The Balaban J connectivity index is 2.89. The van der Waals surface area contributed by atoms with Gasteiger partial charge in [-0.1, -0.05) is 31.9 Å². The van der Waals surface area contributed by atoms with Crippen LogP contribution in [0.4, 0.5) is 0 Å². The first-order valence-corrected chi connectivity index (χ1v) is 5.72. The van der Waals surface area contributed by atoms with E-state index in [0.717, 1.165) is 24.8 Å². The Kier molecular flexibility index (Phi) is 4.82. The molecule has 0 aliphatic heterocycles. The van der Waals surface area contributed by atoms with Gasteiger partial charge in [0.15, 0.2) is 0 Å². The molecule has 0 saturated carbocycles. The third-order valence-electron chi connectivity index (χ3n) is 2.24. The maximum Gasteiger partial charge on any atom is 0.221 e. The number of hydrogen-bond donors (Lipinski definition) is 0. The molecule has 0 fully saturated rings. The van der Waals surface area contributed by atoms with Crippen molar-refractivity contribution < 1.29 is 4.74 Å². The van der Waals surface area contributed by atoms with Crippen LogP contribution in [0.15, 0.2) is 6.33 Å². The molecule has 0 amide bonds. The lowest BCUT2D eigenvalue weighted by Gasteiger charge is -2.14. The molecule has 0 aromatic carbocycles. The van der Waals surface area contributed by atoms with Crippen molar-refractivity contribution in [2.24, 2.45) is 0 Å². The Bertz CT molecular complexity index is 317. The van der Waals surface area contributed by atoms with Crippen molar-refractivity contribution in [2.45, 2.75) is 46.1 Å². The first-order valence-electron chi connectivity index (χ1n) is 5.35. The van der Waals surface area contributed by atoms with Gasteiger partial charge >= 0.3 is 0 Å². The Hall–Kier alpha value is -0.830. The highest BCUT2D eigenvalue weighted by atomic mass is 35.5. The highest BCUT2D eigenvalue weighted by Gasteiger charge is 2.12. The monoisotopic (exact) mass is 228 g/mol. The molecule has 0 aliphatic rings. The summed E-state index contributed by atoms with van der Waals surface area (Å²) in [5.41, 5.74) is 0.918. The van der Waals surface area contributed by atoms with Crippen molar-refractivity contribution >= 4 is 11.6 Å². The topological polar surface area (TPSA) is 35.0 Å². The van der Waals surface area contributed by atoms with Crippen molar-refractivity contribution in [1.82, 2.24) is 9.97 Å². The molecule has 0 radical (unpaired) electrons. The lowest BCUT2D eigenvalue weighted by molar-refractivity contribution is 0.206. The molecule has 0 N–H and O–H groups in total. The second-order valence-electron chi connectivity index (χ2n) is 3.53. The van der Waals surface area contributed by atoms with Gasteiger partial charge in [0, 0.05) is 0 Å². The maximum absolute atomic E-state index is 6.00. The van der Waals surface area contributed by atoms with Crippen molar-refractivity contribution in [3.05, 3.63) is 17.0 Å². The van der Waals surface area contributed by atoms with Crippen LogP contribution < -0.4 is 4.74 Å². The van der Waals surface area contributed by atoms with E-state index in [2.05, 4.69) is 23.8 Å². The Morgan fingerprint density at radius 2 is 2.13 bits per heavy atom. The molecule has 0 bridgehead atoms. The predicted octanol–water partition coefficient (Wildman–Crippen LogP) is 3.26. The van der Waals surface area contributed by atoms with Gasteiger partial charge in [-0.2, -0.15) is 0 Å². The van der Waals surface area contributed by atoms with Gasteiger partial charge in [-0.05, 0) is 19.8 Å². The second-order valence-corrected chi connectivity index (χ2v) is 3.89. The standard InChI is InChI=1S/C11H17ClN2O/c1-4-6-9-10(12)13-7-14-11(9)15-8(3)5-2/h7-8H,4-6H2,1-3H3. The predicted molar refractivity (Wildman–Crippen MR) is 61.4 cm³/mol. The van der Waals surface area contributed by atoms with Gasteiger partial charge < -0.3 is 4.74 Å². The number of hydrogen-bond acceptors (Lipinski definition) is 3. The number of ether oxygens (including phenoxy) is 1. The Morgan fingerprint density at radius 1 is 1.40 bits per heavy atom. The van der Waals surface area contributed by atoms with Gasteiger partial charge in [-0.15, -0.1) is 0 Å². The number of aromatic nitrogens is 2. The van der Waals surface area contributed by atoms with Crippen molar-refractivity contribution in [3.63, 3.8) is 0 Å². The van der Waals surface area contributed by atoms with Crippen LogP contribution >= 0.6 is 11.6 Å². The van der Waals surface area contributed by atoms with Crippen LogP contribution in [0.5, 0.6) is 5.88 Å². The molecule has 0 spiro atoms. The quantitative estimate of drug-likeness (QED) is 0.726. The molecule has 1 rings (SSSR count). The average molecular weight is 229 g/mol. The van der Waals surface area contributed by atoms with Crippen molar-refractivity contribution in [1.29, 1.82) is 0 Å². The molecule has 1 aromatic heterocycles. The minimum Gasteiger partial charge on any atom is -0.474 e. The van der Waals surface area contributed by atoms with E-state index in [0.29, 0.717) is 11.0 Å². The molecular formula is C11H17ClN2O. The number of halogens is 1. The fourth-order valence-electron chi connectivity index (χ4n) is 1.21. The van der Waals surface area contributed by atoms with E-state index in [1.165, 1.54) is 6.33 Å². The largest absolute Gasteiger partial charge is 0.474 e. The lowest BCUT2D eigenvalue weighted by atomic mass is 10.2. The summed E-state index contributed by atoms with van der Waals surface area (Å²) in [6, 6.07) is 0. The number of nitrogens with zero attached hydrogens (tertiary/aromatic N) is 2. The smallest absolute Gasteiger partial charge is 0.221 e. The Labute approximate surface area is 95.8 Å². The van der Waals surface area contributed by atoms with Gasteiger partial charge in [0.25, 0.3) is 0 Å². The van der Waals surface area contributed by atoms with Crippen molar-refractivity contribution in [3.8, 4) is 5.88 Å². The van der Waals surface area contributed by atoms with Gasteiger partial charge in [0.05, 0.1) is 11.7 Å². The zero-order valence-corrected chi connectivity index (χ0v) is 10.2. The van der Waals surface area contributed by atoms with Gasteiger partial charge in [0.1, 0.15) is 11.5 Å². The molecule has 1 heterocycles. The van der Waals surface area contributed by atoms with E-state index >= 15 is 0 Å². The Morgan fingerprint density at radius 3 is 2.73 bits per heavy atom. The SMILES string of the molecule is CCCc1c(Cl)ncnc1OC(C)CC. The summed E-state index contributed by atoms with van der Waals surface area (Å²) in [7, 11) is 0. The summed E-state index contributed by atoms with van der Waals surface area (Å²) in [4.78, 5) is 8.09. The van der Waals surface area contributed by atoms with Crippen LogP contribution in [0.1, 0.15) is 39.2 Å². The zero-order valence-electron chi connectivity index (χ0n) is 9.46. The summed E-state index contributed by atoms with van der Waals surface area (Å²) in [5.74, 6) is 0.631. The first-order chi connectivity index (χ1) is 7.19. The van der Waals surface area contributed by atoms with Crippen LogP contribution in [-0.4, -0.2) is 16.1 Å². The van der Waals surface area contributed by atoms with Gasteiger partial charge in [0.2, 0.25) is 5.88 Å². The summed E-state index contributed by atoms with van der Waals surface area (Å²) < 4.78 is 5.69. The third kappa shape index (κ3) is 3.34. The molecule has 1 aromatic rings. The molecule has 15 heavy (non-hydrogen) atoms. The maximum atomic E-state index is 6.00. The summed E-state index contributed by atoms with van der Waals surface area (Å²) in [6.45, 7) is 6.19. The highest BCUT2D eigenvalue weighted by Crippen LogP contribution is 2.24. The molecule has 0 saturated heterocycles. The van der Waals surface area contributed by atoms with Crippen LogP contribution in [0.25, 0.3) is 0 Å². The minimum atomic E-state index is 0.159. The van der Waals surface area contributed by atoms with Gasteiger partial charge in [-0.25, -0.2) is 9.97 Å². The van der Waals surface area contributed by atoms with E-state index in [-0.39, 0.29) is 6.10 Å². The van der Waals surface area contributed by atoms with Crippen LogP contribution in [-0.2, 0) is 6.42 Å². The fraction of sp³-hybridized carbons (Fsp3) is 0.636. The zero-order chi connectivity index (χ0) is 11.3. The molecular weight excluding hydrogens is 212 g/mol. The fourth-order valence-corrected chi connectivity index (χ4v) is 1.43. The summed E-state index contributed by atoms with van der Waals surface area (Å²) >= 11 is 6.00. The molecule has 1 atom stereocenters. The van der Waals surface area contributed by atoms with Crippen LogP contribution in [0.3, 0.4) is 0 Å². The van der Waals surface area contributed by atoms with E-state index in [4.69, 9.17) is 16.3 Å². The molecule has 4 heteroatoms. The normalized spacial score (nSPS) is 12.5. The van der Waals surface area contributed by atoms with E-state index in [9.17, 15) is 0 Å². The highest BCUT2D eigenvalue weighted by molar-refractivity contribution is 6.30. The molecule has 84 valence electrons. The average Bonchev–Trinajstić information content (AvgIpc) is 2.23. The minimum absolute atomic E-state index is 0.159. The van der Waals surface area contributed by atoms with E-state index in [1.807, 2.05) is 6.92 Å². The second kappa shape index (κ2) is 5.91. The summed E-state index contributed by atoms with van der Waals surface area (Å²) in [5, 5.41) is 0.505. The first kappa shape index (κ1) is 12.2. The third-order valence-corrected chi connectivity index (χ3v) is 2.57.